The van der Waals surface area contributed by atoms with Crippen LogP contribution in [0.5, 0.6) is 0 Å². The summed E-state index contributed by atoms with van der Waals surface area (Å²) in [4.78, 5) is 46.5. The van der Waals surface area contributed by atoms with Gasteiger partial charge in [-0.25, -0.2) is 4.98 Å². The molecule has 0 spiro atoms. The quantitative estimate of drug-likeness (QED) is 0.426. The predicted molar refractivity (Wildman–Crippen MR) is 120 cm³/mol. The Morgan fingerprint density at radius 2 is 1.71 bits per heavy atom. The molecule has 0 radical (unpaired) electrons. The molecule has 8 nitrogen and oxygen atoms in total. The van der Waals surface area contributed by atoms with Gasteiger partial charge in [0.25, 0.3) is 0 Å². The summed E-state index contributed by atoms with van der Waals surface area (Å²) in [5, 5.41) is 2.78. The maximum Gasteiger partial charge on any atom is 0.318 e. The molecule has 9 heteroatoms. The molecule has 3 heterocycles. The molecule has 0 bridgehead atoms. The Labute approximate surface area is 185 Å². The van der Waals surface area contributed by atoms with Gasteiger partial charge in [-0.1, -0.05) is 28.1 Å². The molecule has 0 saturated carbocycles. The summed E-state index contributed by atoms with van der Waals surface area (Å²) < 4.78 is 3.40. The van der Waals surface area contributed by atoms with Crippen LogP contribution in [0.4, 0.5) is 0 Å². The minimum absolute atomic E-state index is 0.181. The number of nitrogens with zero attached hydrogens (tertiary/aromatic N) is 4. The highest BCUT2D eigenvalue weighted by molar-refractivity contribution is 9.10. The summed E-state index contributed by atoms with van der Waals surface area (Å²) in [7, 11) is 0. The third-order valence-electron chi connectivity index (χ3n) is 4.76. The number of pyridine rings is 2. The van der Waals surface area contributed by atoms with Gasteiger partial charge in [0, 0.05) is 29.6 Å². The number of fused-ring (bicyclic) bond motifs is 1. The fourth-order valence-electron chi connectivity index (χ4n) is 3.27. The van der Waals surface area contributed by atoms with Crippen molar-refractivity contribution in [3.05, 3.63) is 103 Å². The minimum atomic E-state index is -0.771. The van der Waals surface area contributed by atoms with E-state index in [4.69, 9.17) is 0 Å². The Hall–Kier alpha value is -3.59. The van der Waals surface area contributed by atoms with Crippen molar-refractivity contribution >= 4 is 33.0 Å². The summed E-state index contributed by atoms with van der Waals surface area (Å²) >= 11 is 3.39. The van der Waals surface area contributed by atoms with Crippen LogP contribution in [0.2, 0.25) is 0 Å². The average molecular weight is 480 g/mol. The van der Waals surface area contributed by atoms with Crippen LogP contribution in [0.15, 0.2) is 81.2 Å². The highest BCUT2D eigenvalue weighted by Gasteiger charge is 2.16. The first-order valence-electron chi connectivity index (χ1n) is 9.51. The summed E-state index contributed by atoms with van der Waals surface area (Å²) in [5.74, 6) is -0.376. The summed E-state index contributed by atoms with van der Waals surface area (Å²) in [6.07, 6.45) is 4.78. The lowest BCUT2D eigenvalue weighted by atomic mass is 10.2. The SMILES string of the molecule is O=C(Cn1c(=O)c(=O)n(Cc2ccncc2)c2ncccc21)NCc1cccc(Br)c1. The first kappa shape index (κ1) is 20.7. The Morgan fingerprint density at radius 1 is 0.935 bits per heavy atom. The van der Waals surface area contributed by atoms with Crippen molar-refractivity contribution in [2.45, 2.75) is 19.6 Å². The third-order valence-corrected chi connectivity index (χ3v) is 5.25. The molecule has 0 aliphatic heterocycles. The number of hydrogen-bond acceptors (Lipinski definition) is 5. The summed E-state index contributed by atoms with van der Waals surface area (Å²) in [5.41, 5.74) is 0.972. The van der Waals surface area contributed by atoms with Crippen LogP contribution >= 0.6 is 15.9 Å². The fourth-order valence-corrected chi connectivity index (χ4v) is 3.71. The number of benzene rings is 1. The predicted octanol–water partition coefficient (Wildman–Crippen LogP) is 2.08. The standard InChI is InChI=1S/C22H18BrN5O3/c23-17-4-1-3-16(11-17)12-26-19(29)14-27-18-5-2-8-25-20(18)28(22(31)21(27)30)13-15-6-9-24-10-7-15/h1-11H,12-14H2,(H,26,29). The molecule has 1 N–H and O–H groups in total. The van der Waals surface area contributed by atoms with Crippen molar-refractivity contribution in [2.75, 3.05) is 0 Å². The van der Waals surface area contributed by atoms with E-state index in [9.17, 15) is 14.4 Å². The maximum absolute atomic E-state index is 12.9. The van der Waals surface area contributed by atoms with Gasteiger partial charge in [-0.3, -0.25) is 28.5 Å². The van der Waals surface area contributed by atoms with Gasteiger partial charge < -0.3 is 5.32 Å². The first-order chi connectivity index (χ1) is 15.0. The molecule has 4 aromatic rings. The zero-order valence-electron chi connectivity index (χ0n) is 16.4. The molecule has 0 aliphatic carbocycles. The van der Waals surface area contributed by atoms with Crippen LogP contribution in [0.3, 0.4) is 0 Å². The van der Waals surface area contributed by atoms with Crippen LogP contribution in [0, 0.1) is 0 Å². The zero-order chi connectivity index (χ0) is 21.8. The lowest BCUT2D eigenvalue weighted by molar-refractivity contribution is -0.121. The lowest BCUT2D eigenvalue weighted by Crippen LogP contribution is -2.44. The lowest BCUT2D eigenvalue weighted by Gasteiger charge is -2.14. The second-order valence-electron chi connectivity index (χ2n) is 6.89. The van der Waals surface area contributed by atoms with Gasteiger partial charge in [0.1, 0.15) is 6.54 Å². The van der Waals surface area contributed by atoms with Gasteiger partial charge in [-0.15, -0.1) is 0 Å². The molecule has 0 aliphatic rings. The Balaban J connectivity index is 1.65. The van der Waals surface area contributed by atoms with Gasteiger partial charge in [0.2, 0.25) is 5.91 Å². The van der Waals surface area contributed by atoms with E-state index < -0.39 is 11.1 Å². The van der Waals surface area contributed by atoms with E-state index in [0.717, 1.165) is 15.6 Å². The number of amides is 1. The van der Waals surface area contributed by atoms with E-state index in [1.165, 1.54) is 9.13 Å². The van der Waals surface area contributed by atoms with E-state index in [-0.39, 0.29) is 19.0 Å². The van der Waals surface area contributed by atoms with Crippen molar-refractivity contribution in [1.29, 1.82) is 0 Å². The number of carbonyl (C=O) groups excluding carboxylic acids is 1. The second kappa shape index (κ2) is 9.05. The van der Waals surface area contributed by atoms with Crippen LogP contribution in [0.1, 0.15) is 11.1 Å². The fraction of sp³-hybridized carbons (Fsp3) is 0.136. The van der Waals surface area contributed by atoms with Crippen molar-refractivity contribution in [3.8, 4) is 0 Å². The first-order valence-corrected chi connectivity index (χ1v) is 10.3. The van der Waals surface area contributed by atoms with Gasteiger partial charge >= 0.3 is 11.1 Å². The number of nitrogens with one attached hydrogen (secondary N) is 1. The molecular weight excluding hydrogens is 462 g/mol. The van der Waals surface area contributed by atoms with Gasteiger partial charge in [0.15, 0.2) is 5.65 Å². The Kier molecular flexibility index (Phi) is 6.03. The number of halogens is 1. The maximum atomic E-state index is 12.9. The van der Waals surface area contributed by atoms with E-state index in [2.05, 4.69) is 31.2 Å². The number of carbonyl (C=O) groups is 1. The summed E-state index contributed by atoms with van der Waals surface area (Å²) in [6.45, 7) is 0.211. The van der Waals surface area contributed by atoms with E-state index in [1.807, 2.05) is 24.3 Å². The van der Waals surface area contributed by atoms with E-state index >= 15 is 0 Å². The van der Waals surface area contributed by atoms with Crippen LogP contribution in [-0.4, -0.2) is 25.0 Å². The topological polar surface area (TPSA) is 98.9 Å². The molecular formula is C22H18BrN5O3. The van der Waals surface area contributed by atoms with Crippen molar-refractivity contribution in [2.24, 2.45) is 0 Å². The minimum Gasteiger partial charge on any atom is -0.350 e. The highest BCUT2D eigenvalue weighted by Crippen LogP contribution is 2.12. The molecule has 0 saturated heterocycles. The van der Waals surface area contributed by atoms with Gasteiger partial charge in [-0.2, -0.15) is 0 Å². The van der Waals surface area contributed by atoms with Crippen molar-refractivity contribution in [3.63, 3.8) is 0 Å². The molecule has 3 aromatic heterocycles. The second-order valence-corrected chi connectivity index (χ2v) is 7.81. The molecule has 0 atom stereocenters. The Morgan fingerprint density at radius 3 is 2.48 bits per heavy atom. The highest BCUT2D eigenvalue weighted by atomic mass is 79.9. The largest absolute Gasteiger partial charge is 0.350 e. The normalized spacial score (nSPS) is 10.9. The third kappa shape index (κ3) is 4.61. The molecule has 31 heavy (non-hydrogen) atoms. The average Bonchev–Trinajstić information content (AvgIpc) is 2.79. The van der Waals surface area contributed by atoms with E-state index in [1.54, 1.807) is 42.9 Å². The summed E-state index contributed by atoms with van der Waals surface area (Å²) in [6, 6.07) is 14.4. The molecule has 0 unspecified atom stereocenters. The smallest absolute Gasteiger partial charge is 0.318 e. The molecule has 1 aromatic carbocycles. The van der Waals surface area contributed by atoms with Crippen LogP contribution in [-0.2, 0) is 24.4 Å². The number of hydrogen-bond donors (Lipinski definition) is 1. The molecule has 1 amide bonds. The van der Waals surface area contributed by atoms with Crippen molar-refractivity contribution in [1.82, 2.24) is 24.4 Å². The Bertz CT molecular complexity index is 1370. The van der Waals surface area contributed by atoms with E-state index in [0.29, 0.717) is 17.7 Å². The van der Waals surface area contributed by atoms with Crippen molar-refractivity contribution < 1.29 is 4.79 Å². The molecule has 0 fully saturated rings. The zero-order valence-corrected chi connectivity index (χ0v) is 17.9. The molecule has 156 valence electrons. The molecule has 4 rings (SSSR count). The van der Waals surface area contributed by atoms with Crippen LogP contribution < -0.4 is 16.4 Å². The number of aromatic nitrogens is 4. The van der Waals surface area contributed by atoms with Gasteiger partial charge in [0.05, 0.1) is 12.1 Å². The van der Waals surface area contributed by atoms with Gasteiger partial charge in [-0.05, 0) is 47.5 Å². The van der Waals surface area contributed by atoms with Crippen LogP contribution in [0.25, 0.3) is 11.2 Å². The monoisotopic (exact) mass is 479 g/mol. The number of rotatable bonds is 6.